The summed E-state index contributed by atoms with van der Waals surface area (Å²) in [6.07, 6.45) is 3.18. The highest BCUT2D eigenvalue weighted by Gasteiger charge is 2.15. The van der Waals surface area contributed by atoms with Crippen LogP contribution in [0, 0.1) is 0 Å². The number of hydrogen-bond acceptors (Lipinski definition) is 7. The first kappa shape index (κ1) is 20.2. The molecule has 144 valence electrons. The van der Waals surface area contributed by atoms with Crippen LogP contribution >= 0.6 is 0 Å². The van der Waals surface area contributed by atoms with E-state index in [1.54, 1.807) is 37.5 Å². The minimum atomic E-state index is -0.512. The number of rotatable bonds is 8. The van der Waals surface area contributed by atoms with Crippen molar-refractivity contribution in [1.82, 2.24) is 14.9 Å². The Morgan fingerprint density at radius 2 is 1.63 bits per heavy atom. The summed E-state index contributed by atoms with van der Waals surface area (Å²) in [4.78, 5) is 37.3. The average molecular weight is 371 g/mol. The maximum atomic E-state index is 12.2. The van der Waals surface area contributed by atoms with Gasteiger partial charge in [-0.1, -0.05) is 12.1 Å². The van der Waals surface area contributed by atoms with E-state index >= 15 is 0 Å². The fourth-order valence-corrected chi connectivity index (χ4v) is 2.31. The monoisotopic (exact) mass is 371 g/mol. The molecule has 1 aromatic heterocycles. The van der Waals surface area contributed by atoms with E-state index in [0.717, 1.165) is 11.3 Å². The predicted molar refractivity (Wildman–Crippen MR) is 104 cm³/mol. The van der Waals surface area contributed by atoms with E-state index in [0.29, 0.717) is 12.5 Å². The molecule has 1 amide bonds. The molecule has 0 bridgehead atoms. The van der Waals surface area contributed by atoms with Crippen molar-refractivity contribution in [2.24, 2.45) is 0 Å². The molecule has 0 atom stereocenters. The van der Waals surface area contributed by atoms with E-state index in [1.807, 2.05) is 43.3 Å². The molecule has 0 saturated heterocycles. The maximum Gasteiger partial charge on any atom is 0.326 e. The lowest BCUT2D eigenvalue weighted by Crippen LogP contribution is -2.34. The number of benzene rings is 1. The van der Waals surface area contributed by atoms with Crippen LogP contribution in [0.5, 0.6) is 0 Å². The summed E-state index contributed by atoms with van der Waals surface area (Å²) in [7, 11) is 7.31. The molecule has 0 aliphatic heterocycles. The molecule has 0 fully saturated rings. The second kappa shape index (κ2) is 9.51. The van der Waals surface area contributed by atoms with Gasteiger partial charge in [0.25, 0.3) is 5.91 Å². The van der Waals surface area contributed by atoms with Gasteiger partial charge in [-0.3, -0.25) is 9.59 Å². The molecule has 27 heavy (non-hydrogen) atoms. The number of likely N-dealkylation sites (N-methyl/N-ethyl adjacent to an activating group) is 2. The largest absolute Gasteiger partial charge is 0.454 e. The van der Waals surface area contributed by atoms with Crippen molar-refractivity contribution >= 4 is 23.5 Å². The zero-order valence-electron chi connectivity index (χ0n) is 16.1. The molecule has 8 heteroatoms. The molecule has 8 nitrogen and oxygen atoms in total. The Morgan fingerprint density at radius 3 is 2.22 bits per heavy atom. The Labute approximate surface area is 159 Å². The molecule has 0 aliphatic carbocycles. The van der Waals surface area contributed by atoms with Crippen molar-refractivity contribution in [3.8, 4) is 0 Å². The van der Waals surface area contributed by atoms with E-state index in [1.165, 1.54) is 4.90 Å². The quantitative estimate of drug-likeness (QED) is 0.645. The standard InChI is InChI=1S/C19H25N5O3/c1-22(2)16-8-6-15(7-9-16)12-23(3)17(25)14-27-18(26)13-24(4)19-20-10-5-11-21-19/h5-11H,12-14H2,1-4H3. The first-order chi connectivity index (χ1) is 12.9. The van der Waals surface area contributed by atoms with Gasteiger partial charge in [-0.05, 0) is 23.8 Å². The van der Waals surface area contributed by atoms with Crippen LogP contribution < -0.4 is 9.80 Å². The lowest BCUT2D eigenvalue weighted by Gasteiger charge is -2.19. The maximum absolute atomic E-state index is 12.2. The predicted octanol–water partition coefficient (Wildman–Crippen LogP) is 1.18. The minimum absolute atomic E-state index is 0.0347. The Hall–Kier alpha value is -3.16. The average Bonchev–Trinajstić information content (AvgIpc) is 2.67. The highest BCUT2D eigenvalue weighted by Crippen LogP contribution is 2.13. The number of aromatic nitrogens is 2. The summed E-state index contributed by atoms with van der Waals surface area (Å²) in [5.74, 6) is -0.361. The molecule has 0 N–H and O–H groups in total. The summed E-state index contributed by atoms with van der Waals surface area (Å²) in [5.41, 5.74) is 2.09. The van der Waals surface area contributed by atoms with Gasteiger partial charge in [-0.25, -0.2) is 9.97 Å². The van der Waals surface area contributed by atoms with Crippen LogP contribution in [-0.2, 0) is 20.9 Å². The van der Waals surface area contributed by atoms with Crippen molar-refractivity contribution in [2.75, 3.05) is 51.1 Å². The summed E-state index contributed by atoms with van der Waals surface area (Å²) < 4.78 is 5.07. The molecule has 0 radical (unpaired) electrons. The fourth-order valence-electron chi connectivity index (χ4n) is 2.31. The van der Waals surface area contributed by atoms with Gasteiger partial charge < -0.3 is 19.4 Å². The van der Waals surface area contributed by atoms with Crippen molar-refractivity contribution < 1.29 is 14.3 Å². The zero-order valence-corrected chi connectivity index (χ0v) is 16.1. The summed E-state index contributed by atoms with van der Waals surface area (Å²) in [6.45, 7) is 0.115. The van der Waals surface area contributed by atoms with E-state index in [-0.39, 0.29) is 19.1 Å². The van der Waals surface area contributed by atoms with Crippen molar-refractivity contribution in [2.45, 2.75) is 6.54 Å². The van der Waals surface area contributed by atoms with E-state index in [9.17, 15) is 9.59 Å². The minimum Gasteiger partial charge on any atom is -0.454 e. The highest BCUT2D eigenvalue weighted by atomic mass is 16.5. The second-order valence-corrected chi connectivity index (χ2v) is 6.38. The smallest absolute Gasteiger partial charge is 0.326 e. The SMILES string of the molecule is CN(Cc1ccc(N(C)C)cc1)C(=O)COC(=O)CN(C)c1ncccn1. The number of nitrogens with zero attached hydrogens (tertiary/aromatic N) is 5. The van der Waals surface area contributed by atoms with Crippen molar-refractivity contribution in [1.29, 1.82) is 0 Å². The molecular weight excluding hydrogens is 346 g/mol. The molecular formula is C19H25N5O3. The van der Waals surface area contributed by atoms with Gasteiger partial charge in [0.2, 0.25) is 5.95 Å². The molecule has 0 saturated carbocycles. The number of amides is 1. The fraction of sp³-hybridized carbons (Fsp3) is 0.368. The van der Waals surface area contributed by atoms with Crippen LogP contribution in [0.2, 0.25) is 0 Å². The Bertz CT molecular complexity index is 750. The zero-order chi connectivity index (χ0) is 19.8. The molecule has 1 heterocycles. The first-order valence-corrected chi connectivity index (χ1v) is 8.51. The van der Waals surface area contributed by atoms with Crippen LogP contribution in [0.1, 0.15) is 5.56 Å². The molecule has 0 spiro atoms. The number of hydrogen-bond donors (Lipinski definition) is 0. The third-order valence-corrected chi connectivity index (χ3v) is 3.91. The van der Waals surface area contributed by atoms with Crippen LogP contribution in [0.4, 0.5) is 11.6 Å². The van der Waals surface area contributed by atoms with Crippen LogP contribution in [0.15, 0.2) is 42.7 Å². The van der Waals surface area contributed by atoms with Gasteiger partial charge in [0, 0.05) is 52.8 Å². The van der Waals surface area contributed by atoms with Crippen LogP contribution in [-0.4, -0.2) is 68.1 Å². The molecule has 0 aliphatic rings. The van der Waals surface area contributed by atoms with Gasteiger partial charge in [0.1, 0.15) is 6.54 Å². The normalized spacial score (nSPS) is 10.2. The Balaban J connectivity index is 1.77. The van der Waals surface area contributed by atoms with Gasteiger partial charge in [-0.15, -0.1) is 0 Å². The van der Waals surface area contributed by atoms with Gasteiger partial charge >= 0.3 is 5.97 Å². The van der Waals surface area contributed by atoms with Crippen molar-refractivity contribution in [3.05, 3.63) is 48.3 Å². The number of anilines is 2. The third kappa shape index (κ3) is 6.25. The van der Waals surface area contributed by atoms with Gasteiger partial charge in [0.15, 0.2) is 6.61 Å². The number of ether oxygens (including phenoxy) is 1. The number of carbonyl (C=O) groups excluding carboxylic acids is 2. The lowest BCUT2D eigenvalue weighted by atomic mass is 10.2. The summed E-state index contributed by atoms with van der Waals surface area (Å²) >= 11 is 0. The van der Waals surface area contributed by atoms with E-state index in [4.69, 9.17) is 4.74 Å². The molecule has 2 rings (SSSR count). The topological polar surface area (TPSA) is 78.9 Å². The van der Waals surface area contributed by atoms with E-state index < -0.39 is 5.97 Å². The molecule has 0 unspecified atom stereocenters. The number of esters is 1. The lowest BCUT2D eigenvalue weighted by molar-refractivity contribution is -0.150. The Morgan fingerprint density at radius 1 is 1.00 bits per heavy atom. The second-order valence-electron chi connectivity index (χ2n) is 6.38. The molecule has 1 aromatic carbocycles. The molecule has 2 aromatic rings. The third-order valence-electron chi connectivity index (χ3n) is 3.91. The Kier molecular flexibility index (Phi) is 7.10. The summed E-state index contributed by atoms with van der Waals surface area (Å²) in [6, 6.07) is 9.63. The van der Waals surface area contributed by atoms with Crippen LogP contribution in [0.3, 0.4) is 0 Å². The van der Waals surface area contributed by atoms with Crippen LogP contribution in [0.25, 0.3) is 0 Å². The first-order valence-electron chi connectivity index (χ1n) is 8.51. The summed E-state index contributed by atoms with van der Waals surface area (Å²) in [5, 5.41) is 0. The van der Waals surface area contributed by atoms with E-state index in [2.05, 4.69) is 9.97 Å². The van der Waals surface area contributed by atoms with Crippen molar-refractivity contribution in [3.63, 3.8) is 0 Å². The number of carbonyl (C=O) groups is 2. The highest BCUT2D eigenvalue weighted by molar-refractivity contribution is 5.81. The van der Waals surface area contributed by atoms with Gasteiger partial charge in [0.05, 0.1) is 0 Å². The van der Waals surface area contributed by atoms with Gasteiger partial charge in [-0.2, -0.15) is 0 Å².